The summed E-state index contributed by atoms with van der Waals surface area (Å²) in [4.78, 5) is 12.6. The van der Waals surface area contributed by atoms with E-state index < -0.39 is 5.91 Å². The summed E-state index contributed by atoms with van der Waals surface area (Å²) in [6.07, 6.45) is 0. The van der Waals surface area contributed by atoms with Gasteiger partial charge in [0.15, 0.2) is 5.76 Å². The van der Waals surface area contributed by atoms with Crippen LogP contribution < -0.4 is 5.32 Å². The molecule has 0 saturated heterocycles. The molecule has 0 atom stereocenters. The topological polar surface area (TPSA) is 75.6 Å². The average molecular weight is 463 g/mol. The number of hydrogen-bond acceptors (Lipinski definition) is 4. The van der Waals surface area contributed by atoms with Crippen molar-refractivity contribution in [1.82, 2.24) is 0 Å². The van der Waals surface area contributed by atoms with Crippen LogP contribution in [0, 0.1) is 0 Å². The molecular weight excluding hydrogens is 449 g/mol. The largest absolute Gasteiger partial charge is 0.459 e. The Bertz CT molecular complexity index is 1230. The molecule has 2 aromatic carbocycles. The Labute approximate surface area is 186 Å². The third-order valence-electron chi connectivity index (χ3n) is 4.35. The number of aliphatic hydroxyl groups is 1. The molecule has 0 spiro atoms. The van der Waals surface area contributed by atoms with Gasteiger partial charge in [-0.15, -0.1) is 0 Å². The fourth-order valence-electron chi connectivity index (χ4n) is 2.89. The highest BCUT2D eigenvalue weighted by atomic mass is 35.5. The predicted molar refractivity (Wildman–Crippen MR) is 117 cm³/mol. The van der Waals surface area contributed by atoms with E-state index >= 15 is 0 Å². The molecule has 2 aromatic heterocycles. The Balaban J connectivity index is 1.57. The van der Waals surface area contributed by atoms with Crippen LogP contribution in [0.1, 0.15) is 16.3 Å². The van der Waals surface area contributed by atoms with Crippen LogP contribution in [0.4, 0.5) is 5.69 Å². The van der Waals surface area contributed by atoms with Crippen molar-refractivity contribution >= 4 is 46.4 Å². The second kappa shape index (κ2) is 8.58. The van der Waals surface area contributed by atoms with Crippen molar-refractivity contribution in [2.75, 3.05) is 5.32 Å². The standard InChI is InChI=1S/C22H14Cl3NO4/c23-16-6-4-12(10-15(16)19-7-5-13(11-27)29-19)26-22(28)20-9-8-18(30-20)14-2-1-3-17(24)21(14)25/h1-10,27H,11H2,(H,26,28). The van der Waals surface area contributed by atoms with Gasteiger partial charge in [0.1, 0.15) is 23.9 Å². The molecule has 0 fully saturated rings. The number of nitrogens with one attached hydrogen (secondary N) is 1. The minimum absolute atomic E-state index is 0.109. The lowest BCUT2D eigenvalue weighted by molar-refractivity contribution is 0.0997. The lowest BCUT2D eigenvalue weighted by atomic mass is 10.1. The van der Waals surface area contributed by atoms with Crippen molar-refractivity contribution in [1.29, 1.82) is 0 Å². The number of carbonyl (C=O) groups is 1. The molecule has 4 rings (SSSR count). The molecule has 0 radical (unpaired) electrons. The molecule has 0 saturated carbocycles. The Morgan fingerprint density at radius 1 is 0.867 bits per heavy atom. The van der Waals surface area contributed by atoms with Gasteiger partial charge in [-0.25, -0.2) is 0 Å². The van der Waals surface area contributed by atoms with Crippen molar-refractivity contribution in [3.8, 4) is 22.6 Å². The summed E-state index contributed by atoms with van der Waals surface area (Å²) in [6.45, 7) is -0.217. The van der Waals surface area contributed by atoms with Gasteiger partial charge in [0.2, 0.25) is 0 Å². The van der Waals surface area contributed by atoms with Crippen molar-refractivity contribution in [3.05, 3.63) is 87.3 Å². The van der Waals surface area contributed by atoms with Crippen molar-refractivity contribution in [2.45, 2.75) is 6.61 Å². The first-order valence-electron chi connectivity index (χ1n) is 8.81. The number of amides is 1. The Kier molecular flexibility index (Phi) is 5.88. The Morgan fingerprint density at radius 2 is 1.63 bits per heavy atom. The van der Waals surface area contributed by atoms with Crippen LogP contribution >= 0.6 is 34.8 Å². The van der Waals surface area contributed by atoms with Gasteiger partial charge in [0.05, 0.1) is 15.1 Å². The molecule has 8 heteroatoms. The van der Waals surface area contributed by atoms with Crippen molar-refractivity contribution in [2.24, 2.45) is 0 Å². The Morgan fingerprint density at radius 3 is 2.40 bits per heavy atom. The summed E-state index contributed by atoms with van der Waals surface area (Å²) in [5, 5.41) is 13.1. The van der Waals surface area contributed by atoms with Gasteiger partial charge in [-0.1, -0.05) is 40.9 Å². The summed E-state index contributed by atoms with van der Waals surface area (Å²) >= 11 is 18.5. The third kappa shape index (κ3) is 4.11. The van der Waals surface area contributed by atoms with Crippen molar-refractivity contribution < 1.29 is 18.7 Å². The molecule has 1 amide bonds. The number of furan rings is 2. The fourth-order valence-corrected chi connectivity index (χ4v) is 3.50. The van der Waals surface area contributed by atoms with Gasteiger partial charge in [0, 0.05) is 16.8 Å². The highest BCUT2D eigenvalue weighted by molar-refractivity contribution is 6.43. The van der Waals surface area contributed by atoms with Crippen LogP contribution in [0.2, 0.25) is 15.1 Å². The maximum atomic E-state index is 12.6. The summed E-state index contributed by atoms with van der Waals surface area (Å²) in [7, 11) is 0. The number of carbonyl (C=O) groups excluding carboxylic acids is 1. The number of benzene rings is 2. The monoisotopic (exact) mass is 461 g/mol. The summed E-state index contributed by atoms with van der Waals surface area (Å²) in [5.74, 6) is 0.993. The smallest absolute Gasteiger partial charge is 0.291 e. The minimum atomic E-state index is -0.442. The van der Waals surface area contributed by atoms with E-state index in [4.69, 9.17) is 43.6 Å². The van der Waals surface area contributed by atoms with Crippen molar-refractivity contribution in [3.63, 3.8) is 0 Å². The first-order valence-corrected chi connectivity index (χ1v) is 9.94. The van der Waals surface area contributed by atoms with Gasteiger partial charge in [-0.05, 0) is 54.6 Å². The van der Waals surface area contributed by atoms with Gasteiger partial charge in [-0.3, -0.25) is 4.79 Å². The lowest BCUT2D eigenvalue weighted by Gasteiger charge is -2.07. The molecule has 0 aliphatic rings. The second-order valence-electron chi connectivity index (χ2n) is 6.34. The number of anilines is 1. The maximum Gasteiger partial charge on any atom is 0.291 e. The number of hydrogen-bond donors (Lipinski definition) is 2. The number of halogens is 3. The lowest BCUT2D eigenvalue weighted by Crippen LogP contribution is -2.10. The summed E-state index contributed by atoms with van der Waals surface area (Å²) < 4.78 is 11.2. The zero-order valence-corrected chi connectivity index (χ0v) is 17.6. The second-order valence-corrected chi connectivity index (χ2v) is 7.53. The van der Waals surface area contributed by atoms with Crippen LogP contribution in [-0.4, -0.2) is 11.0 Å². The van der Waals surface area contributed by atoms with E-state index in [0.29, 0.717) is 49.2 Å². The van der Waals surface area contributed by atoms with E-state index in [2.05, 4.69) is 5.32 Å². The van der Waals surface area contributed by atoms with Crippen LogP contribution in [0.15, 0.2) is 69.5 Å². The molecule has 152 valence electrons. The molecule has 0 aliphatic carbocycles. The SMILES string of the molecule is O=C(Nc1ccc(Cl)c(-c2ccc(CO)o2)c1)c1ccc(-c2cccc(Cl)c2Cl)o1. The van der Waals surface area contributed by atoms with Crippen LogP contribution in [0.5, 0.6) is 0 Å². The van der Waals surface area contributed by atoms with Crippen LogP contribution in [0.3, 0.4) is 0 Å². The average Bonchev–Trinajstić information content (AvgIpc) is 3.41. The first kappa shape index (κ1) is 20.6. The van der Waals surface area contributed by atoms with Crippen LogP contribution in [0.25, 0.3) is 22.6 Å². The number of aliphatic hydroxyl groups excluding tert-OH is 1. The van der Waals surface area contributed by atoms with E-state index in [1.165, 1.54) is 0 Å². The van der Waals surface area contributed by atoms with Gasteiger partial charge in [0.25, 0.3) is 5.91 Å². The van der Waals surface area contributed by atoms with E-state index in [0.717, 1.165) is 0 Å². The van der Waals surface area contributed by atoms with Crippen LogP contribution in [-0.2, 0) is 6.61 Å². The maximum absolute atomic E-state index is 12.6. The van der Waals surface area contributed by atoms with Gasteiger partial charge >= 0.3 is 0 Å². The van der Waals surface area contributed by atoms with E-state index in [9.17, 15) is 9.90 Å². The van der Waals surface area contributed by atoms with E-state index in [1.54, 1.807) is 60.7 Å². The highest BCUT2D eigenvalue weighted by Gasteiger charge is 2.16. The number of rotatable bonds is 5. The minimum Gasteiger partial charge on any atom is -0.459 e. The molecule has 2 heterocycles. The molecule has 2 N–H and O–H groups in total. The molecule has 4 aromatic rings. The quantitative estimate of drug-likeness (QED) is 0.338. The van der Waals surface area contributed by atoms with Gasteiger partial charge < -0.3 is 19.3 Å². The summed E-state index contributed by atoms with van der Waals surface area (Å²) in [6, 6.07) is 16.7. The molecular formula is C22H14Cl3NO4. The Hall–Kier alpha value is -2.70. The molecule has 30 heavy (non-hydrogen) atoms. The molecule has 5 nitrogen and oxygen atoms in total. The molecule has 0 unspecified atom stereocenters. The molecule has 0 aliphatic heterocycles. The molecule has 0 bridgehead atoms. The summed E-state index contributed by atoms with van der Waals surface area (Å²) in [5.41, 5.74) is 1.68. The predicted octanol–water partition coefficient (Wildman–Crippen LogP) is 6.91. The highest BCUT2D eigenvalue weighted by Crippen LogP contribution is 2.35. The third-order valence-corrected chi connectivity index (χ3v) is 5.50. The fraction of sp³-hybridized carbons (Fsp3) is 0.0455. The van der Waals surface area contributed by atoms with Gasteiger partial charge in [-0.2, -0.15) is 0 Å². The van der Waals surface area contributed by atoms with E-state index in [-0.39, 0.29) is 12.4 Å². The first-order chi connectivity index (χ1) is 14.5. The zero-order chi connectivity index (χ0) is 21.3. The zero-order valence-electron chi connectivity index (χ0n) is 15.3. The van der Waals surface area contributed by atoms with E-state index in [1.807, 2.05) is 0 Å². The normalized spacial score (nSPS) is 10.9.